The Bertz CT molecular complexity index is 566. The number of carboxylic acid groups (broad SMARTS) is 1. The van der Waals surface area contributed by atoms with Gasteiger partial charge in [-0.05, 0) is 24.1 Å². The molecule has 0 saturated heterocycles. The quantitative estimate of drug-likeness (QED) is 0.923. The van der Waals surface area contributed by atoms with E-state index >= 15 is 0 Å². The lowest BCUT2D eigenvalue weighted by atomic mass is 9.98. The Hall–Kier alpha value is -1.81. The third-order valence-electron chi connectivity index (χ3n) is 2.80. The Kier molecular flexibility index (Phi) is 3.67. The number of halogens is 1. The van der Waals surface area contributed by atoms with Crippen molar-refractivity contribution in [2.45, 2.75) is 12.3 Å². The first-order chi connectivity index (χ1) is 8.58. The fourth-order valence-corrected chi connectivity index (χ4v) is 2.11. The van der Waals surface area contributed by atoms with Crippen LogP contribution in [-0.2, 0) is 18.3 Å². The molecule has 0 bridgehead atoms. The maximum Gasteiger partial charge on any atom is 0.314 e. The van der Waals surface area contributed by atoms with E-state index in [1.165, 1.54) is 0 Å². The molecule has 0 aliphatic carbocycles. The molecule has 1 heterocycles. The summed E-state index contributed by atoms with van der Waals surface area (Å²) < 4.78 is 1.73. The van der Waals surface area contributed by atoms with Gasteiger partial charge < -0.3 is 9.67 Å². The summed E-state index contributed by atoms with van der Waals surface area (Å²) in [5, 5.41) is 9.92. The van der Waals surface area contributed by atoms with E-state index in [2.05, 4.69) is 4.98 Å². The van der Waals surface area contributed by atoms with Crippen LogP contribution in [0.15, 0.2) is 36.7 Å². The Morgan fingerprint density at radius 2 is 2.33 bits per heavy atom. The summed E-state index contributed by atoms with van der Waals surface area (Å²) in [4.78, 5) is 15.5. The molecule has 0 aliphatic heterocycles. The molecule has 2 aromatic rings. The van der Waals surface area contributed by atoms with E-state index in [-0.39, 0.29) is 0 Å². The van der Waals surface area contributed by atoms with Gasteiger partial charge in [-0.1, -0.05) is 23.7 Å². The molecule has 0 saturated carbocycles. The number of benzene rings is 1. The van der Waals surface area contributed by atoms with Crippen molar-refractivity contribution in [3.8, 4) is 0 Å². The molecule has 0 aliphatic rings. The summed E-state index contributed by atoms with van der Waals surface area (Å²) in [5.41, 5.74) is 0.887. The van der Waals surface area contributed by atoms with Gasteiger partial charge in [-0.2, -0.15) is 0 Å². The molecule has 94 valence electrons. The van der Waals surface area contributed by atoms with E-state index in [0.29, 0.717) is 17.3 Å². The summed E-state index contributed by atoms with van der Waals surface area (Å²) in [6.45, 7) is 0. The highest BCUT2D eigenvalue weighted by molar-refractivity contribution is 6.30. The van der Waals surface area contributed by atoms with Crippen LogP contribution >= 0.6 is 11.6 Å². The zero-order valence-electron chi connectivity index (χ0n) is 9.88. The van der Waals surface area contributed by atoms with E-state index in [0.717, 1.165) is 5.56 Å². The summed E-state index contributed by atoms with van der Waals surface area (Å²) >= 11 is 5.90. The Labute approximate surface area is 110 Å². The average Bonchev–Trinajstić information content (AvgIpc) is 2.72. The number of imidazole rings is 1. The Morgan fingerprint density at radius 3 is 2.89 bits per heavy atom. The van der Waals surface area contributed by atoms with Crippen molar-refractivity contribution in [2.75, 3.05) is 0 Å². The Morgan fingerprint density at radius 1 is 1.56 bits per heavy atom. The normalized spacial score (nSPS) is 12.3. The van der Waals surface area contributed by atoms with Gasteiger partial charge in [-0.15, -0.1) is 0 Å². The lowest BCUT2D eigenvalue weighted by molar-refractivity contribution is -0.139. The molecule has 0 fully saturated rings. The fraction of sp³-hybridized carbons (Fsp3) is 0.231. The second kappa shape index (κ2) is 5.23. The van der Waals surface area contributed by atoms with Crippen LogP contribution in [0.5, 0.6) is 0 Å². The van der Waals surface area contributed by atoms with Crippen LogP contribution in [0.1, 0.15) is 17.3 Å². The van der Waals surface area contributed by atoms with Gasteiger partial charge in [-0.3, -0.25) is 4.79 Å². The molecule has 1 unspecified atom stereocenters. The number of carbonyl (C=O) groups is 1. The van der Waals surface area contributed by atoms with Gasteiger partial charge in [0.25, 0.3) is 0 Å². The third-order valence-corrected chi connectivity index (χ3v) is 3.03. The predicted molar refractivity (Wildman–Crippen MR) is 68.7 cm³/mol. The van der Waals surface area contributed by atoms with Crippen molar-refractivity contribution in [2.24, 2.45) is 7.05 Å². The number of nitrogens with zero attached hydrogens (tertiary/aromatic N) is 2. The first-order valence-corrected chi connectivity index (χ1v) is 5.90. The summed E-state index contributed by atoms with van der Waals surface area (Å²) in [6, 6.07) is 7.22. The molecular formula is C13H13ClN2O2. The standard InChI is InChI=1S/C13H13ClN2O2/c1-16-6-5-15-12(16)11(13(17)18)8-9-3-2-4-10(14)7-9/h2-7,11H,8H2,1H3,(H,17,18). The Balaban J connectivity index is 2.28. The largest absolute Gasteiger partial charge is 0.481 e. The van der Waals surface area contributed by atoms with Crippen LogP contribution < -0.4 is 0 Å². The zero-order valence-corrected chi connectivity index (χ0v) is 10.6. The van der Waals surface area contributed by atoms with Gasteiger partial charge in [0.15, 0.2) is 0 Å². The van der Waals surface area contributed by atoms with Crippen LogP contribution in [0.4, 0.5) is 0 Å². The zero-order chi connectivity index (χ0) is 13.1. The monoisotopic (exact) mass is 264 g/mol. The molecule has 0 spiro atoms. The topological polar surface area (TPSA) is 55.1 Å². The minimum absolute atomic E-state index is 0.376. The number of hydrogen-bond acceptors (Lipinski definition) is 2. The molecule has 1 N–H and O–H groups in total. The van der Waals surface area contributed by atoms with Crippen LogP contribution in [-0.4, -0.2) is 20.6 Å². The maximum atomic E-state index is 11.4. The van der Waals surface area contributed by atoms with E-state index in [1.54, 1.807) is 36.1 Å². The summed E-state index contributed by atoms with van der Waals surface area (Å²) in [5.74, 6) is -1.00. The molecule has 2 rings (SSSR count). The molecule has 4 nitrogen and oxygen atoms in total. The number of aliphatic carboxylic acids is 1. The van der Waals surface area contributed by atoms with Gasteiger partial charge in [0, 0.05) is 24.5 Å². The number of carboxylic acids is 1. The van der Waals surface area contributed by atoms with Crippen LogP contribution in [0.2, 0.25) is 5.02 Å². The molecule has 1 atom stereocenters. The van der Waals surface area contributed by atoms with Crippen molar-refractivity contribution in [1.29, 1.82) is 0 Å². The van der Waals surface area contributed by atoms with Crippen LogP contribution in [0.3, 0.4) is 0 Å². The lowest BCUT2D eigenvalue weighted by Crippen LogP contribution is -2.18. The molecule has 18 heavy (non-hydrogen) atoms. The molecule has 0 amide bonds. The smallest absolute Gasteiger partial charge is 0.314 e. The third kappa shape index (κ3) is 2.71. The second-order valence-electron chi connectivity index (χ2n) is 4.12. The van der Waals surface area contributed by atoms with E-state index in [4.69, 9.17) is 11.6 Å². The number of rotatable bonds is 4. The van der Waals surface area contributed by atoms with Crippen molar-refractivity contribution >= 4 is 17.6 Å². The maximum absolute atomic E-state index is 11.4. The van der Waals surface area contributed by atoms with Gasteiger partial charge in [0.05, 0.1) is 0 Å². The van der Waals surface area contributed by atoms with E-state index in [9.17, 15) is 9.90 Å². The highest BCUT2D eigenvalue weighted by Gasteiger charge is 2.24. The number of aromatic nitrogens is 2. The fourth-order valence-electron chi connectivity index (χ4n) is 1.90. The van der Waals surface area contributed by atoms with Gasteiger partial charge >= 0.3 is 5.97 Å². The summed E-state index contributed by atoms with van der Waals surface area (Å²) in [6.07, 6.45) is 3.72. The minimum Gasteiger partial charge on any atom is -0.481 e. The van der Waals surface area contributed by atoms with Crippen LogP contribution in [0.25, 0.3) is 0 Å². The molecule has 0 radical (unpaired) electrons. The highest BCUT2D eigenvalue weighted by Crippen LogP contribution is 2.21. The highest BCUT2D eigenvalue weighted by atomic mass is 35.5. The summed E-state index contributed by atoms with van der Waals surface area (Å²) in [7, 11) is 1.79. The van der Waals surface area contributed by atoms with Gasteiger partial charge in [-0.25, -0.2) is 4.98 Å². The molecule has 1 aromatic carbocycles. The van der Waals surface area contributed by atoms with Crippen molar-refractivity contribution in [3.05, 3.63) is 53.1 Å². The lowest BCUT2D eigenvalue weighted by Gasteiger charge is -2.12. The van der Waals surface area contributed by atoms with Crippen molar-refractivity contribution in [3.63, 3.8) is 0 Å². The molecular weight excluding hydrogens is 252 g/mol. The van der Waals surface area contributed by atoms with E-state index < -0.39 is 11.9 Å². The van der Waals surface area contributed by atoms with Crippen LogP contribution in [0, 0.1) is 0 Å². The SMILES string of the molecule is Cn1ccnc1C(Cc1cccc(Cl)c1)C(=O)O. The number of hydrogen-bond donors (Lipinski definition) is 1. The average molecular weight is 265 g/mol. The molecule has 5 heteroatoms. The van der Waals surface area contributed by atoms with Crippen molar-refractivity contribution in [1.82, 2.24) is 9.55 Å². The first kappa shape index (κ1) is 12.6. The first-order valence-electron chi connectivity index (χ1n) is 5.52. The molecule has 1 aromatic heterocycles. The second-order valence-corrected chi connectivity index (χ2v) is 4.56. The number of aryl methyl sites for hydroxylation is 1. The predicted octanol–water partition coefficient (Wildman–Crippen LogP) is 2.48. The van der Waals surface area contributed by atoms with E-state index in [1.807, 2.05) is 12.1 Å². The minimum atomic E-state index is -0.885. The van der Waals surface area contributed by atoms with Gasteiger partial charge in [0.1, 0.15) is 11.7 Å². The van der Waals surface area contributed by atoms with Crippen molar-refractivity contribution < 1.29 is 9.90 Å². The van der Waals surface area contributed by atoms with Gasteiger partial charge in [0.2, 0.25) is 0 Å².